The van der Waals surface area contributed by atoms with Crippen LogP contribution in [-0.4, -0.2) is 9.85 Å². The van der Waals surface area contributed by atoms with Gasteiger partial charge in [0.25, 0.3) is 11.4 Å². The molecule has 22 heavy (non-hydrogen) atoms. The second-order valence-corrected chi connectivity index (χ2v) is 5.37. The van der Waals surface area contributed by atoms with Crippen molar-refractivity contribution in [1.29, 1.82) is 0 Å². The second kappa shape index (κ2) is 5.80. The highest BCUT2D eigenvalue weighted by atomic mass is 16.6. The van der Waals surface area contributed by atoms with Crippen LogP contribution in [0.4, 0.5) is 17.1 Å². The first-order valence-electron chi connectivity index (χ1n) is 6.57. The van der Waals surface area contributed by atoms with E-state index in [-0.39, 0.29) is 11.4 Å². The van der Waals surface area contributed by atoms with Crippen LogP contribution in [0.15, 0.2) is 48.5 Å². The van der Waals surface area contributed by atoms with Crippen LogP contribution in [0.3, 0.4) is 0 Å². The van der Waals surface area contributed by atoms with Crippen molar-refractivity contribution in [2.45, 2.75) is 19.4 Å². The Kier molecular flexibility index (Phi) is 4.07. The van der Waals surface area contributed by atoms with Crippen LogP contribution in [0.2, 0.25) is 0 Å². The molecule has 0 amide bonds. The lowest BCUT2D eigenvalue weighted by molar-refractivity contribution is -0.394. The zero-order chi connectivity index (χ0) is 16.3. The molecule has 7 nitrogen and oxygen atoms in total. The van der Waals surface area contributed by atoms with E-state index in [1.165, 1.54) is 12.1 Å². The Morgan fingerprint density at radius 1 is 0.909 bits per heavy atom. The molecule has 0 saturated heterocycles. The number of hydrogen-bond donors (Lipinski definition) is 1. The Hall–Kier alpha value is -2.96. The fraction of sp³-hybridized carbons (Fsp3) is 0.200. The van der Waals surface area contributed by atoms with Crippen molar-refractivity contribution in [2.75, 3.05) is 5.32 Å². The molecule has 0 bridgehead atoms. The fourth-order valence-electron chi connectivity index (χ4n) is 2.17. The summed E-state index contributed by atoms with van der Waals surface area (Å²) in [7, 11) is 0. The lowest BCUT2D eigenvalue weighted by Crippen LogP contribution is -2.27. The summed E-state index contributed by atoms with van der Waals surface area (Å²) in [6.45, 7) is 3.79. The van der Waals surface area contributed by atoms with Crippen molar-refractivity contribution in [1.82, 2.24) is 0 Å². The zero-order valence-corrected chi connectivity index (χ0v) is 12.1. The molecule has 0 aliphatic heterocycles. The van der Waals surface area contributed by atoms with Gasteiger partial charge in [0.05, 0.1) is 21.5 Å². The smallest absolute Gasteiger partial charge is 0.278 e. The number of hydrogen-bond acceptors (Lipinski definition) is 5. The normalized spacial score (nSPS) is 11.0. The number of anilines is 1. The Morgan fingerprint density at radius 3 is 1.86 bits per heavy atom. The molecule has 2 aromatic carbocycles. The molecule has 0 atom stereocenters. The van der Waals surface area contributed by atoms with E-state index < -0.39 is 15.4 Å². The van der Waals surface area contributed by atoms with Crippen molar-refractivity contribution >= 4 is 17.1 Å². The summed E-state index contributed by atoms with van der Waals surface area (Å²) in [4.78, 5) is 20.5. The molecule has 2 rings (SSSR count). The predicted molar refractivity (Wildman–Crippen MR) is 82.8 cm³/mol. The number of nitro groups is 2. The molecule has 0 radical (unpaired) electrons. The molecule has 0 aliphatic carbocycles. The van der Waals surface area contributed by atoms with Gasteiger partial charge in [0.1, 0.15) is 0 Å². The van der Waals surface area contributed by atoms with Gasteiger partial charge in [-0.05, 0) is 19.4 Å². The van der Waals surface area contributed by atoms with E-state index >= 15 is 0 Å². The Bertz CT molecular complexity index is 682. The first-order chi connectivity index (χ1) is 10.3. The Labute approximate surface area is 126 Å². The predicted octanol–water partition coefficient (Wildman–Crippen LogP) is 3.85. The Morgan fingerprint density at radius 2 is 1.41 bits per heavy atom. The molecule has 0 unspecified atom stereocenters. The summed E-state index contributed by atoms with van der Waals surface area (Å²) in [5.74, 6) is 0. The topological polar surface area (TPSA) is 98.3 Å². The lowest BCUT2D eigenvalue weighted by atomic mass is 9.94. The van der Waals surface area contributed by atoms with Gasteiger partial charge in [-0.1, -0.05) is 30.3 Å². The Balaban J connectivity index is 2.40. The summed E-state index contributed by atoms with van der Waals surface area (Å²) in [6.07, 6.45) is 0. The number of nitrogens with one attached hydrogen (secondary N) is 1. The summed E-state index contributed by atoms with van der Waals surface area (Å²) < 4.78 is 0. The van der Waals surface area contributed by atoms with Crippen LogP contribution in [0.5, 0.6) is 0 Å². The highest BCUT2D eigenvalue weighted by Crippen LogP contribution is 2.31. The van der Waals surface area contributed by atoms with E-state index in [4.69, 9.17) is 0 Å². The molecule has 114 valence electrons. The SMILES string of the molecule is CC(C)(Nc1cc([N+](=O)[O-])cc([N+](=O)[O-])c1)c1ccccc1. The average molecular weight is 301 g/mol. The molecule has 0 saturated carbocycles. The van der Waals surface area contributed by atoms with Crippen molar-refractivity contribution in [3.63, 3.8) is 0 Å². The van der Waals surface area contributed by atoms with Crippen molar-refractivity contribution in [2.24, 2.45) is 0 Å². The molecule has 0 fully saturated rings. The van der Waals surface area contributed by atoms with E-state index in [2.05, 4.69) is 5.32 Å². The molecule has 1 N–H and O–H groups in total. The molecule has 7 heteroatoms. The summed E-state index contributed by atoms with van der Waals surface area (Å²) in [5.41, 5.74) is 0.115. The number of rotatable bonds is 5. The fourth-order valence-corrected chi connectivity index (χ4v) is 2.17. The number of benzene rings is 2. The third kappa shape index (κ3) is 3.38. The molecular formula is C15H15N3O4. The van der Waals surface area contributed by atoms with E-state index in [9.17, 15) is 20.2 Å². The van der Waals surface area contributed by atoms with Gasteiger partial charge >= 0.3 is 0 Å². The van der Waals surface area contributed by atoms with Gasteiger partial charge in [-0.15, -0.1) is 0 Å². The van der Waals surface area contributed by atoms with Gasteiger partial charge in [-0.2, -0.15) is 0 Å². The molecule has 0 aromatic heterocycles. The van der Waals surface area contributed by atoms with E-state index in [1.54, 1.807) is 0 Å². The minimum atomic E-state index is -0.645. The van der Waals surface area contributed by atoms with Gasteiger partial charge in [0.15, 0.2) is 0 Å². The average Bonchev–Trinajstić information content (AvgIpc) is 2.47. The largest absolute Gasteiger partial charge is 0.376 e. The van der Waals surface area contributed by atoms with Crippen molar-refractivity contribution in [3.05, 3.63) is 74.3 Å². The molecule has 0 spiro atoms. The lowest BCUT2D eigenvalue weighted by Gasteiger charge is -2.28. The van der Waals surface area contributed by atoms with Crippen LogP contribution in [-0.2, 0) is 5.54 Å². The maximum Gasteiger partial charge on any atom is 0.278 e. The van der Waals surface area contributed by atoms with Crippen LogP contribution in [0.25, 0.3) is 0 Å². The van der Waals surface area contributed by atoms with Gasteiger partial charge < -0.3 is 5.32 Å². The first-order valence-corrected chi connectivity index (χ1v) is 6.57. The van der Waals surface area contributed by atoms with E-state index in [1.807, 2.05) is 44.2 Å². The molecule has 0 heterocycles. The summed E-state index contributed by atoms with van der Waals surface area (Å²) >= 11 is 0. The minimum Gasteiger partial charge on any atom is -0.376 e. The minimum absolute atomic E-state index is 0.319. The maximum atomic E-state index is 10.9. The number of non-ortho nitro benzene ring substituents is 2. The van der Waals surface area contributed by atoms with Gasteiger partial charge in [-0.25, -0.2) is 0 Å². The van der Waals surface area contributed by atoms with Crippen LogP contribution < -0.4 is 5.32 Å². The van der Waals surface area contributed by atoms with E-state index in [0.717, 1.165) is 11.6 Å². The van der Waals surface area contributed by atoms with E-state index in [0.29, 0.717) is 5.69 Å². The second-order valence-electron chi connectivity index (χ2n) is 5.37. The monoisotopic (exact) mass is 301 g/mol. The van der Waals surface area contributed by atoms with Crippen LogP contribution in [0, 0.1) is 20.2 Å². The quantitative estimate of drug-likeness (QED) is 0.668. The maximum absolute atomic E-state index is 10.9. The number of nitro benzene ring substituents is 2. The third-order valence-electron chi connectivity index (χ3n) is 3.28. The summed E-state index contributed by atoms with van der Waals surface area (Å²) in [5, 5.41) is 25.0. The highest BCUT2D eigenvalue weighted by Gasteiger charge is 2.23. The van der Waals surface area contributed by atoms with Crippen molar-refractivity contribution < 1.29 is 9.85 Å². The molecular weight excluding hydrogens is 286 g/mol. The van der Waals surface area contributed by atoms with Gasteiger partial charge in [-0.3, -0.25) is 20.2 Å². The van der Waals surface area contributed by atoms with Gasteiger partial charge in [0, 0.05) is 17.8 Å². The van der Waals surface area contributed by atoms with Crippen molar-refractivity contribution in [3.8, 4) is 0 Å². The first kappa shape index (κ1) is 15.4. The molecule has 0 aliphatic rings. The van der Waals surface area contributed by atoms with Gasteiger partial charge in [0.2, 0.25) is 0 Å². The number of nitrogens with zero attached hydrogens (tertiary/aromatic N) is 2. The summed E-state index contributed by atoms with van der Waals surface area (Å²) in [6, 6.07) is 13.0. The molecule has 2 aromatic rings. The highest BCUT2D eigenvalue weighted by molar-refractivity contribution is 5.60. The standard InChI is InChI=1S/C15H15N3O4/c1-15(2,11-6-4-3-5-7-11)16-12-8-13(17(19)20)10-14(9-12)18(21)22/h3-10,16H,1-2H3. The van der Waals surface area contributed by atoms with Crippen LogP contribution in [0.1, 0.15) is 19.4 Å². The van der Waals surface area contributed by atoms with Crippen LogP contribution >= 0.6 is 0 Å². The third-order valence-corrected chi connectivity index (χ3v) is 3.28. The zero-order valence-electron chi connectivity index (χ0n) is 12.1.